The molecule has 1 aromatic heterocycles. The Hall–Kier alpha value is -4.26. The van der Waals surface area contributed by atoms with Gasteiger partial charge in [-0.3, -0.25) is 4.79 Å². The number of aromatic nitrogens is 2. The van der Waals surface area contributed by atoms with E-state index < -0.39 is 0 Å². The smallest absolute Gasteiger partial charge is 0.254 e. The number of carbonyl (C=O) groups is 1. The van der Waals surface area contributed by atoms with Crippen LogP contribution in [0.3, 0.4) is 0 Å². The van der Waals surface area contributed by atoms with E-state index in [0.717, 1.165) is 35.5 Å². The van der Waals surface area contributed by atoms with Crippen LogP contribution in [0.2, 0.25) is 0 Å². The van der Waals surface area contributed by atoms with Crippen molar-refractivity contribution in [3.05, 3.63) is 95.7 Å². The van der Waals surface area contributed by atoms with Crippen LogP contribution in [0, 0.1) is 12.8 Å². The highest BCUT2D eigenvalue weighted by molar-refractivity contribution is 5.94. The predicted octanol–water partition coefficient (Wildman–Crippen LogP) is 6.04. The highest BCUT2D eigenvalue weighted by atomic mass is 16.5. The van der Waals surface area contributed by atoms with E-state index in [1.165, 1.54) is 0 Å². The molecule has 0 aliphatic heterocycles. The quantitative estimate of drug-likeness (QED) is 0.267. The lowest BCUT2D eigenvalue weighted by Crippen LogP contribution is -2.32. The topological polar surface area (TPSA) is 65.8 Å². The number of carbonyl (C=O) groups excluding carboxylic acids is 1. The van der Waals surface area contributed by atoms with E-state index >= 15 is 0 Å². The molecule has 190 valence electrons. The van der Waals surface area contributed by atoms with E-state index in [1.807, 2.05) is 84.6 Å². The molecule has 3 aromatic carbocycles. The van der Waals surface area contributed by atoms with Gasteiger partial charge in [0.25, 0.3) is 5.91 Å². The van der Waals surface area contributed by atoms with Gasteiger partial charge in [-0.25, -0.2) is 4.68 Å². The van der Waals surface area contributed by atoms with E-state index in [0.29, 0.717) is 41.9 Å². The molecule has 1 fully saturated rings. The first-order valence-corrected chi connectivity index (χ1v) is 12.4. The zero-order chi connectivity index (χ0) is 25.8. The molecule has 0 saturated heterocycles. The first-order chi connectivity index (χ1) is 18.1. The molecule has 37 heavy (non-hydrogen) atoms. The fourth-order valence-electron chi connectivity index (χ4n) is 4.29. The molecule has 0 bridgehead atoms. The first-order valence-electron chi connectivity index (χ1n) is 12.4. The Morgan fingerprint density at radius 2 is 1.62 bits per heavy atom. The third kappa shape index (κ3) is 5.61. The maximum atomic E-state index is 13.7. The highest BCUT2D eigenvalue weighted by Crippen LogP contribution is 2.35. The van der Waals surface area contributed by atoms with Gasteiger partial charge in [0.1, 0.15) is 17.2 Å². The van der Waals surface area contributed by atoms with Crippen LogP contribution in [0.25, 0.3) is 5.69 Å². The lowest BCUT2D eigenvalue weighted by atomic mass is 10.1. The van der Waals surface area contributed by atoms with E-state index in [1.54, 1.807) is 25.0 Å². The summed E-state index contributed by atoms with van der Waals surface area (Å²) in [6.45, 7) is 3.03. The summed E-state index contributed by atoms with van der Waals surface area (Å²) in [6.07, 6.45) is 2.28. The summed E-state index contributed by atoms with van der Waals surface area (Å²) in [6, 6.07) is 24.6. The summed E-state index contributed by atoms with van der Waals surface area (Å²) in [4.78, 5) is 15.6. The third-order valence-electron chi connectivity index (χ3n) is 6.54. The number of hydrogen-bond donors (Lipinski definition) is 0. The fourth-order valence-corrected chi connectivity index (χ4v) is 4.29. The van der Waals surface area contributed by atoms with Crippen LogP contribution >= 0.6 is 0 Å². The minimum absolute atomic E-state index is 0.0342. The molecule has 7 nitrogen and oxygen atoms in total. The average molecular weight is 498 g/mol. The fraction of sp³-hybridized carbons (Fsp3) is 0.267. The van der Waals surface area contributed by atoms with Gasteiger partial charge in [0, 0.05) is 12.1 Å². The second-order valence-corrected chi connectivity index (χ2v) is 9.26. The molecule has 5 rings (SSSR count). The Labute approximate surface area is 217 Å². The molecule has 4 aromatic rings. The van der Waals surface area contributed by atoms with E-state index in [-0.39, 0.29) is 5.91 Å². The molecule has 0 unspecified atom stereocenters. The predicted molar refractivity (Wildman–Crippen MR) is 142 cm³/mol. The van der Waals surface area contributed by atoms with Crippen LogP contribution in [0.1, 0.15) is 34.5 Å². The van der Waals surface area contributed by atoms with Crippen LogP contribution in [0.4, 0.5) is 0 Å². The van der Waals surface area contributed by atoms with Crippen LogP contribution in [-0.4, -0.2) is 41.4 Å². The largest absolute Gasteiger partial charge is 0.497 e. The number of rotatable bonds is 10. The minimum atomic E-state index is -0.0342. The Balaban J connectivity index is 1.53. The van der Waals surface area contributed by atoms with Crippen molar-refractivity contribution in [2.45, 2.75) is 26.3 Å². The summed E-state index contributed by atoms with van der Waals surface area (Å²) < 4.78 is 18.9. The number of methoxy groups -OCH3 is 2. The molecule has 1 amide bonds. The zero-order valence-electron chi connectivity index (χ0n) is 21.4. The molecule has 7 heteroatoms. The average Bonchev–Trinajstić information content (AvgIpc) is 3.72. The maximum Gasteiger partial charge on any atom is 0.254 e. The Morgan fingerprint density at radius 3 is 2.30 bits per heavy atom. The van der Waals surface area contributed by atoms with Gasteiger partial charge in [-0.2, -0.15) is 5.10 Å². The summed E-state index contributed by atoms with van der Waals surface area (Å²) in [5.74, 6) is 3.15. The van der Waals surface area contributed by atoms with Gasteiger partial charge >= 0.3 is 0 Å². The van der Waals surface area contributed by atoms with Crippen molar-refractivity contribution in [1.82, 2.24) is 14.7 Å². The van der Waals surface area contributed by atoms with Crippen molar-refractivity contribution < 1.29 is 19.0 Å². The molecule has 1 saturated carbocycles. The van der Waals surface area contributed by atoms with Crippen molar-refractivity contribution in [3.63, 3.8) is 0 Å². The second-order valence-electron chi connectivity index (χ2n) is 9.26. The summed E-state index contributed by atoms with van der Waals surface area (Å²) >= 11 is 0. The van der Waals surface area contributed by atoms with Crippen LogP contribution in [0.15, 0.2) is 78.9 Å². The minimum Gasteiger partial charge on any atom is -0.497 e. The summed E-state index contributed by atoms with van der Waals surface area (Å²) in [5.41, 5.74) is 3.17. The number of hydrogen-bond acceptors (Lipinski definition) is 5. The molecule has 0 spiro atoms. The van der Waals surface area contributed by atoms with Gasteiger partial charge in [0.05, 0.1) is 37.7 Å². The van der Waals surface area contributed by atoms with Gasteiger partial charge in [0.15, 0.2) is 0 Å². The van der Waals surface area contributed by atoms with Crippen LogP contribution < -0.4 is 14.2 Å². The standard InChI is InChI=1S/C30H31N3O4/c1-21-28(20-32(19-22-12-13-22)29(34)23-8-7-11-27(18-23)36-3)30(33(31-21)24-9-5-4-6-10-24)37-26-16-14-25(35-2)15-17-26/h4-11,14-18,22H,12-13,19-20H2,1-3H3. The van der Waals surface area contributed by atoms with E-state index in [9.17, 15) is 4.79 Å². The summed E-state index contributed by atoms with van der Waals surface area (Å²) in [7, 11) is 3.24. The van der Waals surface area contributed by atoms with E-state index in [2.05, 4.69) is 0 Å². The molecule has 1 aliphatic carbocycles. The molecule has 1 aliphatic rings. The Kier molecular flexibility index (Phi) is 7.12. The summed E-state index contributed by atoms with van der Waals surface area (Å²) in [5, 5.41) is 4.83. The first kappa shape index (κ1) is 24.4. The van der Waals surface area contributed by atoms with Gasteiger partial charge in [0.2, 0.25) is 5.88 Å². The molecule has 0 atom stereocenters. The molecular formula is C30H31N3O4. The van der Waals surface area contributed by atoms with Gasteiger partial charge in [-0.15, -0.1) is 0 Å². The number of para-hydroxylation sites is 1. The van der Waals surface area contributed by atoms with Crippen molar-refractivity contribution in [2.24, 2.45) is 5.92 Å². The Morgan fingerprint density at radius 1 is 0.919 bits per heavy atom. The normalized spacial score (nSPS) is 12.7. The highest BCUT2D eigenvalue weighted by Gasteiger charge is 2.30. The van der Waals surface area contributed by atoms with Crippen molar-refractivity contribution >= 4 is 5.91 Å². The number of aryl methyl sites for hydroxylation is 1. The molecule has 1 heterocycles. The SMILES string of the molecule is COc1ccc(Oc2c(CN(CC3CC3)C(=O)c3cccc(OC)c3)c(C)nn2-c2ccccc2)cc1. The van der Waals surface area contributed by atoms with Gasteiger partial charge < -0.3 is 19.1 Å². The van der Waals surface area contributed by atoms with Crippen molar-refractivity contribution in [1.29, 1.82) is 0 Å². The maximum absolute atomic E-state index is 13.7. The van der Waals surface area contributed by atoms with Crippen LogP contribution in [-0.2, 0) is 6.54 Å². The lowest BCUT2D eigenvalue weighted by molar-refractivity contribution is 0.0733. The monoisotopic (exact) mass is 497 g/mol. The number of ether oxygens (including phenoxy) is 3. The van der Waals surface area contributed by atoms with Gasteiger partial charge in [-0.05, 0) is 80.3 Å². The second kappa shape index (κ2) is 10.8. The van der Waals surface area contributed by atoms with Crippen molar-refractivity contribution in [3.8, 4) is 28.8 Å². The third-order valence-corrected chi connectivity index (χ3v) is 6.54. The zero-order valence-corrected chi connectivity index (χ0v) is 21.4. The Bertz CT molecular complexity index is 1360. The van der Waals surface area contributed by atoms with Crippen LogP contribution in [0.5, 0.6) is 23.1 Å². The number of amides is 1. The molecule has 0 N–H and O–H groups in total. The molecular weight excluding hydrogens is 466 g/mol. The van der Waals surface area contributed by atoms with E-state index in [4.69, 9.17) is 19.3 Å². The lowest BCUT2D eigenvalue weighted by Gasteiger charge is -2.23. The molecule has 0 radical (unpaired) electrons. The van der Waals surface area contributed by atoms with Gasteiger partial charge in [-0.1, -0.05) is 24.3 Å². The van der Waals surface area contributed by atoms with Crippen molar-refractivity contribution in [2.75, 3.05) is 20.8 Å². The number of benzene rings is 3. The number of nitrogens with zero attached hydrogens (tertiary/aromatic N) is 3.